The molecule has 0 spiro atoms. The molecule has 0 amide bonds. The van der Waals surface area contributed by atoms with Crippen molar-refractivity contribution in [2.45, 2.75) is 19.0 Å². The zero-order valence-electron chi connectivity index (χ0n) is 14.3. The van der Waals surface area contributed by atoms with E-state index < -0.39 is 0 Å². The van der Waals surface area contributed by atoms with Gasteiger partial charge in [-0.05, 0) is 26.0 Å². The molecule has 8 nitrogen and oxygen atoms in total. The second-order valence-corrected chi connectivity index (χ2v) is 6.89. The van der Waals surface area contributed by atoms with Crippen molar-refractivity contribution in [1.29, 1.82) is 0 Å². The predicted molar refractivity (Wildman–Crippen MR) is 100 cm³/mol. The molecule has 0 saturated heterocycles. The molecule has 0 bridgehead atoms. The Hall–Kier alpha value is -3.07. The van der Waals surface area contributed by atoms with Crippen molar-refractivity contribution in [3.05, 3.63) is 53.5 Å². The summed E-state index contributed by atoms with van der Waals surface area (Å²) in [5, 5.41) is 13.9. The van der Waals surface area contributed by atoms with Crippen LogP contribution < -0.4 is 5.84 Å². The van der Waals surface area contributed by atoms with Crippen LogP contribution in [0.25, 0.3) is 16.9 Å². The first kappa shape index (κ1) is 16.4. The number of H-pyrrole nitrogens is 1. The van der Waals surface area contributed by atoms with Gasteiger partial charge in [0, 0.05) is 28.4 Å². The van der Waals surface area contributed by atoms with Gasteiger partial charge in [0.25, 0.3) is 5.95 Å². The van der Waals surface area contributed by atoms with Gasteiger partial charge >= 0.3 is 0 Å². The minimum absolute atomic E-state index is 0.00288. The Bertz CT molecular complexity index is 1110. The quantitative estimate of drug-likeness (QED) is 0.318. The molecule has 3 aromatic heterocycles. The van der Waals surface area contributed by atoms with Crippen molar-refractivity contribution in [1.82, 2.24) is 29.6 Å². The first-order valence-corrected chi connectivity index (χ1v) is 8.99. The zero-order valence-corrected chi connectivity index (χ0v) is 15.1. The fraction of sp³-hybridized carbons (Fsp3) is 0.176. The lowest BCUT2D eigenvalue weighted by Crippen LogP contribution is -2.17. The summed E-state index contributed by atoms with van der Waals surface area (Å²) >= 11 is 1.25. The van der Waals surface area contributed by atoms with E-state index in [1.807, 2.05) is 44.2 Å². The molecule has 0 aliphatic rings. The van der Waals surface area contributed by atoms with E-state index in [0.717, 1.165) is 22.3 Å². The Morgan fingerprint density at radius 2 is 2.08 bits per heavy atom. The minimum atomic E-state index is 0.00288. The monoisotopic (exact) mass is 367 g/mol. The molecule has 132 valence electrons. The van der Waals surface area contributed by atoms with E-state index in [2.05, 4.69) is 20.3 Å². The number of nitrogen functional groups attached to an aromatic ring is 1. The van der Waals surface area contributed by atoms with Gasteiger partial charge in [0.05, 0.1) is 11.4 Å². The highest BCUT2D eigenvalue weighted by Crippen LogP contribution is 2.22. The molecular weight excluding hydrogens is 350 g/mol. The maximum atomic E-state index is 12.6. The van der Waals surface area contributed by atoms with E-state index in [-0.39, 0.29) is 11.5 Å². The third-order valence-corrected chi connectivity index (χ3v) is 5.01. The highest BCUT2D eigenvalue weighted by molar-refractivity contribution is 7.99. The van der Waals surface area contributed by atoms with Crippen LogP contribution in [0.1, 0.15) is 21.7 Å². The fourth-order valence-electron chi connectivity index (χ4n) is 2.85. The van der Waals surface area contributed by atoms with Gasteiger partial charge in [0.15, 0.2) is 5.78 Å². The van der Waals surface area contributed by atoms with Crippen molar-refractivity contribution in [3.63, 3.8) is 0 Å². The number of hydrogen-bond donors (Lipinski definition) is 2. The summed E-state index contributed by atoms with van der Waals surface area (Å²) in [5.74, 6) is 6.74. The molecule has 0 aliphatic heterocycles. The Kier molecular flexibility index (Phi) is 4.00. The molecule has 0 radical (unpaired) electrons. The number of ketones is 1. The van der Waals surface area contributed by atoms with Crippen molar-refractivity contribution in [2.75, 3.05) is 11.6 Å². The molecule has 0 aliphatic carbocycles. The van der Waals surface area contributed by atoms with Crippen molar-refractivity contribution in [2.24, 2.45) is 0 Å². The van der Waals surface area contributed by atoms with Crippen LogP contribution in [0.3, 0.4) is 0 Å². The van der Waals surface area contributed by atoms with Crippen LogP contribution in [-0.2, 0) is 0 Å². The summed E-state index contributed by atoms with van der Waals surface area (Å²) in [4.78, 5) is 15.7. The average Bonchev–Trinajstić information content (AvgIpc) is 3.30. The van der Waals surface area contributed by atoms with E-state index in [1.54, 1.807) is 10.9 Å². The van der Waals surface area contributed by atoms with Crippen molar-refractivity contribution >= 4 is 28.4 Å². The Morgan fingerprint density at radius 1 is 1.27 bits per heavy atom. The standard InChI is InChI=1S/C17H17N7OS/c1-10-7-11(2)24(22-10)16-20-21-17(23(16)18)26-9-15(25)13-8-19-14-6-4-3-5-12(13)14/h3-8,19H,9,18H2,1-2H3. The third-order valence-electron chi connectivity index (χ3n) is 4.07. The second kappa shape index (κ2) is 6.34. The molecule has 0 fully saturated rings. The number of aromatic amines is 1. The molecule has 9 heteroatoms. The number of benzene rings is 1. The second-order valence-electron chi connectivity index (χ2n) is 5.95. The highest BCUT2D eigenvalue weighted by atomic mass is 32.2. The van der Waals surface area contributed by atoms with Crippen molar-refractivity contribution in [3.8, 4) is 5.95 Å². The highest BCUT2D eigenvalue weighted by Gasteiger charge is 2.17. The Labute approximate surface area is 153 Å². The number of thioether (sulfide) groups is 1. The lowest BCUT2D eigenvalue weighted by molar-refractivity contribution is 0.102. The van der Waals surface area contributed by atoms with E-state index in [4.69, 9.17) is 5.84 Å². The Morgan fingerprint density at radius 3 is 2.85 bits per heavy atom. The SMILES string of the molecule is Cc1cc(C)n(-c2nnc(SCC(=O)c3c[nH]c4ccccc34)n2N)n1. The number of nitrogens with zero attached hydrogens (tertiary/aromatic N) is 5. The number of hydrogen-bond acceptors (Lipinski definition) is 6. The van der Waals surface area contributed by atoms with Crippen LogP contribution in [-0.4, -0.2) is 41.2 Å². The number of nitrogens with two attached hydrogens (primary N) is 1. The predicted octanol–water partition coefficient (Wildman–Crippen LogP) is 2.25. The van der Waals surface area contributed by atoms with Crippen LogP contribution in [0.5, 0.6) is 0 Å². The van der Waals surface area contributed by atoms with E-state index in [9.17, 15) is 4.79 Å². The normalized spacial score (nSPS) is 11.3. The largest absolute Gasteiger partial charge is 0.360 e. The number of nitrogens with one attached hydrogen (secondary N) is 1. The lowest BCUT2D eigenvalue weighted by Gasteiger charge is -2.04. The first-order valence-electron chi connectivity index (χ1n) is 8.01. The van der Waals surface area contributed by atoms with Gasteiger partial charge in [-0.1, -0.05) is 30.0 Å². The van der Waals surface area contributed by atoms with Crippen LogP contribution in [0.15, 0.2) is 41.7 Å². The number of Topliss-reactive ketones (excluding diaryl/α,β-unsaturated/α-hetero) is 1. The number of fused-ring (bicyclic) bond motifs is 1. The van der Waals surface area contributed by atoms with Crippen LogP contribution in [0.4, 0.5) is 0 Å². The number of carbonyl (C=O) groups excluding carboxylic acids is 1. The number of rotatable bonds is 5. The summed E-state index contributed by atoms with van der Waals surface area (Å²) in [7, 11) is 0. The van der Waals surface area contributed by atoms with Crippen molar-refractivity contribution < 1.29 is 4.79 Å². The van der Waals surface area contributed by atoms with E-state index >= 15 is 0 Å². The maximum Gasteiger partial charge on any atom is 0.271 e. The molecule has 3 N–H and O–H groups in total. The van der Waals surface area contributed by atoms with Crippen LogP contribution in [0.2, 0.25) is 0 Å². The van der Waals surface area contributed by atoms with E-state index in [0.29, 0.717) is 16.7 Å². The zero-order chi connectivity index (χ0) is 18.3. The molecule has 0 unspecified atom stereocenters. The van der Waals surface area contributed by atoms with Gasteiger partial charge < -0.3 is 10.8 Å². The Balaban J connectivity index is 1.53. The number of para-hydroxylation sites is 1. The molecule has 4 aromatic rings. The molecule has 0 saturated carbocycles. The molecule has 1 aromatic carbocycles. The topological polar surface area (TPSA) is 107 Å². The van der Waals surface area contributed by atoms with Gasteiger partial charge in [-0.25, -0.2) is 9.36 Å². The van der Waals surface area contributed by atoms with Gasteiger partial charge in [-0.3, -0.25) is 4.79 Å². The smallest absolute Gasteiger partial charge is 0.271 e. The van der Waals surface area contributed by atoms with Gasteiger partial charge in [-0.2, -0.15) is 5.10 Å². The van der Waals surface area contributed by atoms with Crippen LogP contribution in [0, 0.1) is 13.8 Å². The van der Waals surface area contributed by atoms with E-state index in [1.165, 1.54) is 16.4 Å². The summed E-state index contributed by atoms with van der Waals surface area (Å²) < 4.78 is 2.99. The van der Waals surface area contributed by atoms with Gasteiger partial charge in [-0.15, -0.1) is 10.2 Å². The number of aryl methyl sites for hydroxylation is 2. The maximum absolute atomic E-state index is 12.6. The fourth-order valence-corrected chi connectivity index (χ4v) is 3.59. The molecule has 3 heterocycles. The molecule has 26 heavy (non-hydrogen) atoms. The first-order chi connectivity index (χ1) is 12.5. The summed E-state index contributed by atoms with van der Waals surface area (Å²) in [6.07, 6.45) is 1.74. The number of aromatic nitrogens is 6. The van der Waals surface area contributed by atoms with Gasteiger partial charge in [0.2, 0.25) is 5.16 Å². The van der Waals surface area contributed by atoms with Crippen LogP contribution >= 0.6 is 11.8 Å². The molecule has 4 rings (SSSR count). The summed E-state index contributed by atoms with van der Waals surface area (Å²) in [5.41, 5.74) is 3.38. The summed E-state index contributed by atoms with van der Waals surface area (Å²) in [6.45, 7) is 3.82. The lowest BCUT2D eigenvalue weighted by atomic mass is 10.1. The third kappa shape index (κ3) is 2.76. The minimum Gasteiger partial charge on any atom is -0.360 e. The summed E-state index contributed by atoms with van der Waals surface area (Å²) in [6, 6.07) is 9.64. The average molecular weight is 367 g/mol. The molecule has 0 atom stereocenters. The number of carbonyl (C=O) groups is 1. The molecular formula is C17H17N7OS. The van der Waals surface area contributed by atoms with Gasteiger partial charge in [0.1, 0.15) is 0 Å².